The number of nitrogens with two attached hydrogens (primary N) is 2. The van der Waals surface area contributed by atoms with Gasteiger partial charge in [-0.1, -0.05) is 53.8 Å². The Balaban J connectivity index is 0.000000526. The highest BCUT2D eigenvalue weighted by molar-refractivity contribution is 7.15. The van der Waals surface area contributed by atoms with Crippen molar-refractivity contribution >= 4 is 28.7 Å². The monoisotopic (exact) mass is 566 g/mol. The zero-order valence-electron chi connectivity index (χ0n) is 22.7. The second kappa shape index (κ2) is 18.9. The molecule has 0 aliphatic carbocycles. The largest absolute Gasteiger partial charge is 0.491 e. The van der Waals surface area contributed by atoms with Crippen molar-refractivity contribution in [3.8, 4) is 5.75 Å². The van der Waals surface area contributed by atoms with Crippen molar-refractivity contribution in [2.45, 2.75) is 38.5 Å². The van der Waals surface area contributed by atoms with E-state index in [0.29, 0.717) is 23.1 Å². The summed E-state index contributed by atoms with van der Waals surface area (Å²) in [6.45, 7) is 0.158. The van der Waals surface area contributed by atoms with Crippen LogP contribution in [0.3, 0.4) is 0 Å². The maximum absolute atomic E-state index is 12.3. The smallest absolute Gasteiger partial charge is 0.230 e. The van der Waals surface area contributed by atoms with Crippen LogP contribution in [0.2, 0.25) is 0 Å². The molecule has 1 heterocycles. The fourth-order valence-electron chi connectivity index (χ4n) is 3.34. The SMILES string of the molecule is CN/C(N)=C/C=C(\N)CCCCc1nnc(NC(=O)Cc2cccc(OCCO)c2)s1.O=CCc1ccccc1. The van der Waals surface area contributed by atoms with E-state index < -0.39 is 0 Å². The number of anilines is 1. The Labute approximate surface area is 239 Å². The number of nitrogens with zero attached hydrogens (tertiary/aromatic N) is 2. The van der Waals surface area contributed by atoms with Gasteiger partial charge < -0.3 is 36.7 Å². The molecule has 0 atom stereocenters. The molecule has 10 nitrogen and oxygen atoms in total. The van der Waals surface area contributed by atoms with E-state index in [1.54, 1.807) is 31.3 Å². The van der Waals surface area contributed by atoms with Gasteiger partial charge in [-0.15, -0.1) is 10.2 Å². The number of aromatic nitrogens is 2. The average molecular weight is 567 g/mol. The molecular formula is C29H38N6O4S. The molecule has 0 saturated heterocycles. The minimum absolute atomic E-state index is 0.0582. The van der Waals surface area contributed by atoms with E-state index in [4.69, 9.17) is 21.3 Å². The first-order chi connectivity index (χ1) is 19.4. The number of aryl methyl sites for hydroxylation is 1. The van der Waals surface area contributed by atoms with Crippen LogP contribution < -0.4 is 26.8 Å². The minimum Gasteiger partial charge on any atom is -0.491 e. The first kappa shape index (κ1) is 32.0. The zero-order valence-corrected chi connectivity index (χ0v) is 23.5. The molecule has 0 unspecified atom stereocenters. The van der Waals surface area contributed by atoms with Gasteiger partial charge >= 0.3 is 0 Å². The number of ether oxygens (including phenoxy) is 1. The van der Waals surface area contributed by atoms with Crippen molar-refractivity contribution in [2.75, 3.05) is 25.6 Å². The Morgan fingerprint density at radius 1 is 1.05 bits per heavy atom. The molecule has 40 heavy (non-hydrogen) atoms. The molecule has 0 saturated carbocycles. The lowest BCUT2D eigenvalue weighted by molar-refractivity contribution is -0.115. The Hall–Kier alpha value is -4.22. The van der Waals surface area contributed by atoms with E-state index in [-0.39, 0.29) is 25.5 Å². The highest BCUT2D eigenvalue weighted by Gasteiger charge is 2.10. The molecule has 3 rings (SSSR count). The molecule has 214 valence electrons. The molecule has 3 aromatic rings. The van der Waals surface area contributed by atoms with Crippen LogP contribution in [0.1, 0.15) is 35.4 Å². The van der Waals surface area contributed by atoms with Crippen molar-refractivity contribution < 1.29 is 19.4 Å². The van der Waals surface area contributed by atoms with Gasteiger partial charge in [0.1, 0.15) is 23.7 Å². The second-order valence-electron chi connectivity index (χ2n) is 8.62. The first-order valence-corrected chi connectivity index (χ1v) is 13.8. The zero-order chi connectivity index (χ0) is 29.0. The number of allylic oxidation sites excluding steroid dienone is 3. The van der Waals surface area contributed by atoms with E-state index in [1.165, 1.54) is 11.3 Å². The molecule has 0 aliphatic heterocycles. The summed E-state index contributed by atoms with van der Waals surface area (Å²) in [6.07, 6.45) is 8.58. The predicted octanol–water partition coefficient (Wildman–Crippen LogP) is 3.09. The Morgan fingerprint density at radius 2 is 1.82 bits per heavy atom. The highest BCUT2D eigenvalue weighted by atomic mass is 32.1. The molecule has 0 spiro atoms. The number of rotatable bonds is 15. The van der Waals surface area contributed by atoms with Crippen LogP contribution in [0, 0.1) is 0 Å². The first-order valence-electron chi connectivity index (χ1n) is 13.0. The second-order valence-corrected chi connectivity index (χ2v) is 9.68. The lowest BCUT2D eigenvalue weighted by Gasteiger charge is -2.06. The van der Waals surface area contributed by atoms with E-state index in [0.717, 1.165) is 53.8 Å². The molecule has 0 radical (unpaired) electrons. The number of aliphatic hydroxyl groups is 1. The average Bonchev–Trinajstić information content (AvgIpc) is 3.41. The third-order valence-corrected chi connectivity index (χ3v) is 6.27. The Kier molecular flexibility index (Phi) is 15.1. The minimum atomic E-state index is -0.172. The summed E-state index contributed by atoms with van der Waals surface area (Å²) in [5.41, 5.74) is 14.3. The number of aliphatic hydroxyl groups excluding tert-OH is 1. The molecule has 0 fully saturated rings. The molecule has 7 N–H and O–H groups in total. The van der Waals surface area contributed by atoms with Gasteiger partial charge in [-0.25, -0.2) is 0 Å². The molecule has 1 aromatic heterocycles. The van der Waals surface area contributed by atoms with Crippen LogP contribution in [0.25, 0.3) is 0 Å². The number of nitrogens with one attached hydrogen (secondary N) is 2. The maximum Gasteiger partial charge on any atom is 0.230 e. The van der Waals surface area contributed by atoms with Gasteiger partial charge in [0, 0.05) is 25.6 Å². The predicted molar refractivity (Wildman–Crippen MR) is 159 cm³/mol. The third-order valence-electron chi connectivity index (χ3n) is 5.37. The number of amides is 1. The summed E-state index contributed by atoms with van der Waals surface area (Å²) in [5.74, 6) is 1.01. The Morgan fingerprint density at radius 3 is 2.55 bits per heavy atom. The number of carbonyl (C=O) groups excluding carboxylic acids is 2. The van der Waals surface area contributed by atoms with Crippen LogP contribution in [0.5, 0.6) is 5.75 Å². The quantitative estimate of drug-likeness (QED) is 0.106. The Bertz CT molecular complexity index is 1230. The van der Waals surface area contributed by atoms with Crippen LogP contribution in [-0.2, 0) is 28.9 Å². The fourth-order valence-corrected chi connectivity index (χ4v) is 4.14. The number of hydrogen-bond donors (Lipinski definition) is 5. The molecule has 11 heteroatoms. The van der Waals surface area contributed by atoms with E-state index >= 15 is 0 Å². The topological polar surface area (TPSA) is 165 Å². The van der Waals surface area contributed by atoms with Crippen LogP contribution in [0.4, 0.5) is 5.13 Å². The van der Waals surface area contributed by atoms with Gasteiger partial charge in [0.25, 0.3) is 0 Å². The highest BCUT2D eigenvalue weighted by Crippen LogP contribution is 2.19. The summed E-state index contributed by atoms with van der Waals surface area (Å²) >= 11 is 1.38. The van der Waals surface area contributed by atoms with Crippen molar-refractivity contribution in [3.63, 3.8) is 0 Å². The van der Waals surface area contributed by atoms with Gasteiger partial charge in [-0.05, 0) is 54.7 Å². The van der Waals surface area contributed by atoms with E-state index in [9.17, 15) is 9.59 Å². The van der Waals surface area contributed by atoms with E-state index in [1.807, 2.05) is 42.5 Å². The molecule has 0 aliphatic rings. The number of carbonyl (C=O) groups is 2. The molecular weight excluding hydrogens is 528 g/mol. The van der Waals surface area contributed by atoms with Gasteiger partial charge in [0.05, 0.1) is 18.8 Å². The van der Waals surface area contributed by atoms with Gasteiger partial charge in [-0.2, -0.15) is 0 Å². The maximum atomic E-state index is 12.3. The van der Waals surface area contributed by atoms with E-state index in [2.05, 4.69) is 20.8 Å². The van der Waals surface area contributed by atoms with Gasteiger partial charge in [0.2, 0.25) is 11.0 Å². The lowest BCUT2D eigenvalue weighted by atomic mass is 10.1. The van der Waals surface area contributed by atoms with Crippen molar-refractivity contribution in [1.29, 1.82) is 0 Å². The van der Waals surface area contributed by atoms with Gasteiger partial charge in [-0.3, -0.25) is 4.79 Å². The summed E-state index contributed by atoms with van der Waals surface area (Å²) in [5, 5.41) is 24.0. The normalized spacial score (nSPS) is 11.2. The van der Waals surface area contributed by atoms with Crippen molar-refractivity contribution in [3.05, 3.63) is 94.4 Å². The van der Waals surface area contributed by atoms with Crippen LogP contribution in [-0.4, -0.2) is 47.8 Å². The standard InChI is InChI=1S/C21H30N6O3S.C8H8O/c1-24-18(23)10-9-16(22)6-2-3-8-20-26-27-21(31-20)25-19(29)14-15-5-4-7-17(13-15)30-12-11-28;9-7-6-8-4-2-1-3-5-8/h4-5,7,9-10,13,24,28H,2-3,6,8,11-12,14,22-23H2,1H3,(H,25,27,29);1-5,7H,6H2/b16-9-,18-10+;. The number of aldehydes is 1. The summed E-state index contributed by atoms with van der Waals surface area (Å²) in [7, 11) is 1.75. The molecule has 2 aromatic carbocycles. The summed E-state index contributed by atoms with van der Waals surface area (Å²) in [4.78, 5) is 22.3. The summed E-state index contributed by atoms with van der Waals surface area (Å²) in [6, 6.07) is 16.9. The fraction of sp³-hybridized carbons (Fsp3) is 0.310. The van der Waals surface area contributed by atoms with Gasteiger partial charge in [0.15, 0.2) is 0 Å². The number of hydrogen-bond acceptors (Lipinski definition) is 10. The van der Waals surface area contributed by atoms with Crippen LogP contribution >= 0.6 is 11.3 Å². The number of benzene rings is 2. The summed E-state index contributed by atoms with van der Waals surface area (Å²) < 4.78 is 5.37. The lowest BCUT2D eigenvalue weighted by Crippen LogP contribution is -2.14. The number of unbranched alkanes of at least 4 members (excludes halogenated alkanes) is 1. The third kappa shape index (κ3) is 13.5. The molecule has 0 bridgehead atoms. The van der Waals surface area contributed by atoms with Crippen LogP contribution in [0.15, 0.2) is 78.3 Å². The molecule has 1 amide bonds. The van der Waals surface area contributed by atoms with Crippen molar-refractivity contribution in [1.82, 2.24) is 15.5 Å². The van der Waals surface area contributed by atoms with Crippen molar-refractivity contribution in [2.24, 2.45) is 11.5 Å².